The molecule has 0 rings (SSSR count). The van der Waals surface area contributed by atoms with Crippen LogP contribution in [0.15, 0.2) is 0 Å². The van der Waals surface area contributed by atoms with Gasteiger partial charge < -0.3 is 14.3 Å². The second kappa shape index (κ2) is 5.16. The molecule has 0 saturated heterocycles. The SMILES string of the molecule is CN(C)OCCOP(O)(O)=S. The fourth-order valence-electron chi connectivity index (χ4n) is 0.376. The lowest BCUT2D eigenvalue weighted by molar-refractivity contribution is -0.126. The molecule has 0 aliphatic carbocycles. The van der Waals surface area contributed by atoms with Crippen molar-refractivity contribution >= 4 is 18.5 Å². The molecule has 0 aromatic heterocycles. The lowest BCUT2D eigenvalue weighted by Crippen LogP contribution is -2.15. The Balaban J connectivity index is 3.22. The lowest BCUT2D eigenvalue weighted by atomic mass is 10.8. The van der Waals surface area contributed by atoms with Gasteiger partial charge in [-0.2, -0.15) is 5.06 Å². The highest BCUT2D eigenvalue weighted by molar-refractivity contribution is 8.06. The molecule has 0 fully saturated rings. The number of hydrogen-bond donors (Lipinski definition) is 2. The highest BCUT2D eigenvalue weighted by Gasteiger charge is 2.06. The molecule has 0 heterocycles. The van der Waals surface area contributed by atoms with E-state index in [1.807, 2.05) is 0 Å². The monoisotopic (exact) mass is 201 g/mol. The van der Waals surface area contributed by atoms with E-state index in [-0.39, 0.29) is 13.2 Å². The van der Waals surface area contributed by atoms with Crippen molar-refractivity contribution in [3.8, 4) is 0 Å². The van der Waals surface area contributed by atoms with Crippen LogP contribution in [0.4, 0.5) is 0 Å². The van der Waals surface area contributed by atoms with Crippen molar-refractivity contribution in [1.29, 1.82) is 0 Å². The van der Waals surface area contributed by atoms with Crippen LogP contribution in [-0.4, -0.2) is 42.2 Å². The zero-order valence-electron chi connectivity index (χ0n) is 6.43. The minimum atomic E-state index is -3.49. The summed E-state index contributed by atoms with van der Waals surface area (Å²) in [7, 11) is 3.43. The van der Waals surface area contributed by atoms with Crippen molar-refractivity contribution in [3.63, 3.8) is 0 Å². The maximum atomic E-state index is 8.57. The van der Waals surface area contributed by atoms with E-state index in [0.29, 0.717) is 0 Å². The van der Waals surface area contributed by atoms with E-state index in [0.717, 1.165) is 0 Å². The average Bonchev–Trinajstić information content (AvgIpc) is 1.78. The molecule has 7 heteroatoms. The van der Waals surface area contributed by atoms with Gasteiger partial charge in [0.15, 0.2) is 0 Å². The van der Waals surface area contributed by atoms with Gasteiger partial charge in [0.05, 0.1) is 13.2 Å². The van der Waals surface area contributed by atoms with Crippen LogP contribution in [0.1, 0.15) is 0 Å². The smallest absolute Gasteiger partial charge is 0.321 e. The molecular weight excluding hydrogens is 189 g/mol. The molecule has 0 aliphatic heterocycles. The number of rotatable bonds is 5. The Hall–Kier alpha value is 0.450. The lowest BCUT2D eigenvalue weighted by Gasteiger charge is -2.11. The van der Waals surface area contributed by atoms with E-state index in [9.17, 15) is 0 Å². The fourth-order valence-corrected chi connectivity index (χ4v) is 0.912. The third-order valence-corrected chi connectivity index (χ3v) is 1.53. The molecule has 0 unspecified atom stereocenters. The van der Waals surface area contributed by atoms with Crippen molar-refractivity contribution in [1.82, 2.24) is 5.06 Å². The van der Waals surface area contributed by atoms with Crippen molar-refractivity contribution in [2.45, 2.75) is 0 Å². The van der Waals surface area contributed by atoms with Crippen molar-refractivity contribution in [2.24, 2.45) is 0 Å². The summed E-state index contributed by atoms with van der Waals surface area (Å²) in [6, 6.07) is 0. The van der Waals surface area contributed by atoms with Gasteiger partial charge in [-0.25, -0.2) is 0 Å². The summed E-state index contributed by atoms with van der Waals surface area (Å²) in [6.45, 7) is -3.15. The third-order valence-electron chi connectivity index (χ3n) is 0.692. The van der Waals surface area contributed by atoms with Crippen molar-refractivity contribution < 1.29 is 19.1 Å². The number of hydrogen-bond acceptors (Lipinski definition) is 4. The molecular formula is C4H12NO4PS. The Kier molecular flexibility index (Phi) is 5.37. The molecule has 0 aromatic rings. The predicted molar refractivity (Wildman–Crippen MR) is 44.3 cm³/mol. The van der Waals surface area contributed by atoms with Gasteiger partial charge in [0.1, 0.15) is 0 Å². The first kappa shape index (κ1) is 11.4. The molecule has 2 N–H and O–H groups in total. The minimum Gasteiger partial charge on any atom is -0.325 e. The Labute approximate surface area is 70.7 Å². The van der Waals surface area contributed by atoms with Crippen LogP contribution in [0, 0.1) is 0 Å². The average molecular weight is 201 g/mol. The zero-order chi connectivity index (χ0) is 8.91. The Morgan fingerprint density at radius 1 is 1.36 bits per heavy atom. The maximum Gasteiger partial charge on any atom is 0.321 e. The fraction of sp³-hybridized carbons (Fsp3) is 1.00. The highest BCUT2D eigenvalue weighted by Crippen LogP contribution is 2.35. The molecule has 0 aromatic carbocycles. The van der Waals surface area contributed by atoms with Gasteiger partial charge in [-0.3, -0.25) is 4.84 Å². The molecule has 0 bridgehead atoms. The summed E-state index contributed by atoms with van der Waals surface area (Å²) in [6.07, 6.45) is 0. The molecule has 0 spiro atoms. The van der Waals surface area contributed by atoms with Gasteiger partial charge in [0.2, 0.25) is 0 Å². The molecule has 0 saturated carbocycles. The molecule has 0 aliphatic rings. The van der Waals surface area contributed by atoms with Crippen LogP contribution in [-0.2, 0) is 21.2 Å². The highest BCUT2D eigenvalue weighted by atomic mass is 32.5. The summed E-state index contributed by atoms with van der Waals surface area (Å²) in [4.78, 5) is 22.0. The van der Waals surface area contributed by atoms with E-state index < -0.39 is 6.72 Å². The summed E-state index contributed by atoms with van der Waals surface area (Å²) < 4.78 is 4.47. The van der Waals surface area contributed by atoms with E-state index in [2.05, 4.69) is 16.3 Å². The van der Waals surface area contributed by atoms with Crippen LogP contribution in [0.3, 0.4) is 0 Å². The van der Waals surface area contributed by atoms with Crippen LogP contribution < -0.4 is 0 Å². The molecule has 0 amide bonds. The Bertz CT molecular complexity index is 147. The standard InChI is InChI=1S/C4H12NO4PS/c1-5(2)8-3-4-9-10(6,7)11/h3-4H2,1-2H3,(H2,6,7,11). The number of nitrogens with zero attached hydrogens (tertiary/aromatic N) is 1. The van der Waals surface area contributed by atoms with E-state index in [1.165, 1.54) is 5.06 Å². The first-order valence-electron chi connectivity index (χ1n) is 2.92. The summed E-state index contributed by atoms with van der Waals surface area (Å²) in [5, 5.41) is 1.49. The second-order valence-electron chi connectivity index (χ2n) is 1.97. The Morgan fingerprint density at radius 3 is 2.27 bits per heavy atom. The molecule has 68 valence electrons. The number of hydroxylamine groups is 2. The van der Waals surface area contributed by atoms with Crippen LogP contribution in [0.25, 0.3) is 0 Å². The largest absolute Gasteiger partial charge is 0.325 e. The van der Waals surface area contributed by atoms with Crippen LogP contribution in [0.5, 0.6) is 0 Å². The van der Waals surface area contributed by atoms with Gasteiger partial charge in [0.25, 0.3) is 0 Å². The summed E-state index contributed by atoms with van der Waals surface area (Å²) in [5.74, 6) is 0. The predicted octanol–water partition coefficient (Wildman–Crippen LogP) is -0.295. The first-order chi connectivity index (χ1) is 4.92. The van der Waals surface area contributed by atoms with Gasteiger partial charge >= 0.3 is 6.72 Å². The van der Waals surface area contributed by atoms with Crippen LogP contribution >= 0.6 is 6.72 Å². The van der Waals surface area contributed by atoms with Crippen molar-refractivity contribution in [3.05, 3.63) is 0 Å². The molecule has 0 atom stereocenters. The maximum absolute atomic E-state index is 8.57. The Morgan fingerprint density at radius 2 is 1.91 bits per heavy atom. The third kappa shape index (κ3) is 10.4. The van der Waals surface area contributed by atoms with Crippen LogP contribution in [0.2, 0.25) is 0 Å². The van der Waals surface area contributed by atoms with Crippen molar-refractivity contribution in [2.75, 3.05) is 27.3 Å². The topological polar surface area (TPSA) is 62.2 Å². The van der Waals surface area contributed by atoms with E-state index >= 15 is 0 Å². The quantitative estimate of drug-likeness (QED) is 0.362. The minimum absolute atomic E-state index is 0.0858. The summed E-state index contributed by atoms with van der Waals surface area (Å²) in [5.41, 5.74) is 0. The van der Waals surface area contributed by atoms with Gasteiger partial charge in [0, 0.05) is 14.1 Å². The van der Waals surface area contributed by atoms with Gasteiger partial charge in [-0.15, -0.1) is 0 Å². The second-order valence-corrected chi connectivity index (χ2v) is 4.64. The summed E-state index contributed by atoms with van der Waals surface area (Å²) >= 11 is 4.19. The zero-order valence-corrected chi connectivity index (χ0v) is 8.14. The molecule has 5 nitrogen and oxygen atoms in total. The molecule has 0 radical (unpaired) electrons. The van der Waals surface area contributed by atoms with Gasteiger partial charge in [-0.05, 0) is 11.8 Å². The van der Waals surface area contributed by atoms with E-state index in [4.69, 9.17) is 14.6 Å². The van der Waals surface area contributed by atoms with E-state index in [1.54, 1.807) is 14.1 Å². The normalized spacial score (nSPS) is 12.5. The first-order valence-corrected chi connectivity index (χ1v) is 5.55. The molecule has 11 heavy (non-hydrogen) atoms. The van der Waals surface area contributed by atoms with Gasteiger partial charge in [-0.1, -0.05) is 0 Å².